The van der Waals surface area contributed by atoms with Crippen LogP contribution >= 0.6 is 11.6 Å². The number of H-pyrrole nitrogens is 1. The highest BCUT2D eigenvalue weighted by Crippen LogP contribution is 2.40. The zero-order valence-corrected chi connectivity index (χ0v) is 16.6. The minimum absolute atomic E-state index is 0.127. The Morgan fingerprint density at radius 1 is 1.18 bits per heavy atom. The molecule has 4 heterocycles. The second-order valence-corrected chi connectivity index (χ2v) is 7.15. The lowest BCUT2D eigenvalue weighted by Gasteiger charge is -2.11. The molecule has 0 saturated carbocycles. The van der Waals surface area contributed by atoms with Crippen LogP contribution in [-0.4, -0.2) is 45.0 Å². The van der Waals surface area contributed by atoms with E-state index >= 15 is 0 Å². The summed E-state index contributed by atoms with van der Waals surface area (Å²) >= 11 is 6.80. The smallest absolute Gasteiger partial charge is 0.254 e. The Balaban J connectivity index is 1.91. The summed E-state index contributed by atoms with van der Waals surface area (Å²) in [5.41, 5.74) is 5.11. The van der Waals surface area contributed by atoms with Crippen molar-refractivity contribution in [3.05, 3.63) is 52.9 Å². The molecule has 4 rings (SSSR count). The maximum Gasteiger partial charge on any atom is 0.254 e. The standard InChI is InChI=1S/C20H18ClN5O2/c1-10-16(11(2)28-25-10)15-9-24-19-17(15)18(21)14(8-23-19)12-5-13(7-22-6-12)20(27)26(3)4/h5-9H,1-4H3,(H,23,24). The van der Waals surface area contributed by atoms with Crippen LogP contribution in [0.4, 0.5) is 0 Å². The van der Waals surface area contributed by atoms with Crippen molar-refractivity contribution in [1.29, 1.82) is 0 Å². The Labute approximate surface area is 166 Å². The Kier molecular flexibility index (Phi) is 4.39. The number of aryl methyl sites for hydroxylation is 2. The summed E-state index contributed by atoms with van der Waals surface area (Å²) in [5, 5.41) is 5.33. The van der Waals surface area contributed by atoms with E-state index in [-0.39, 0.29) is 5.91 Å². The van der Waals surface area contributed by atoms with E-state index in [0.717, 1.165) is 27.8 Å². The fourth-order valence-electron chi connectivity index (χ4n) is 3.29. The van der Waals surface area contributed by atoms with Crippen LogP contribution in [0, 0.1) is 13.8 Å². The first kappa shape index (κ1) is 18.2. The molecule has 0 saturated heterocycles. The molecule has 1 N–H and O–H groups in total. The summed E-state index contributed by atoms with van der Waals surface area (Å²) < 4.78 is 5.31. The number of aromatic amines is 1. The molecule has 142 valence electrons. The van der Waals surface area contributed by atoms with Crippen molar-refractivity contribution in [1.82, 2.24) is 25.0 Å². The molecule has 0 aliphatic heterocycles. The average Bonchev–Trinajstić information content (AvgIpc) is 3.24. The molecule has 0 aliphatic rings. The molecule has 0 spiro atoms. The van der Waals surface area contributed by atoms with Crippen molar-refractivity contribution >= 4 is 28.5 Å². The van der Waals surface area contributed by atoms with Gasteiger partial charge in [0.2, 0.25) is 0 Å². The van der Waals surface area contributed by atoms with Crippen LogP contribution in [0.5, 0.6) is 0 Å². The summed E-state index contributed by atoms with van der Waals surface area (Å²) in [4.78, 5) is 25.7. The molecule has 0 radical (unpaired) electrons. The van der Waals surface area contributed by atoms with Crippen molar-refractivity contribution in [3.63, 3.8) is 0 Å². The van der Waals surface area contributed by atoms with Gasteiger partial charge in [-0.05, 0) is 19.9 Å². The molecule has 8 heteroatoms. The summed E-state index contributed by atoms with van der Waals surface area (Å²) in [6.45, 7) is 3.75. The van der Waals surface area contributed by atoms with Crippen LogP contribution in [0.15, 0.2) is 35.4 Å². The highest BCUT2D eigenvalue weighted by Gasteiger charge is 2.20. The number of amides is 1. The molecule has 0 aliphatic carbocycles. The summed E-state index contributed by atoms with van der Waals surface area (Å²) in [5.74, 6) is 0.581. The zero-order valence-electron chi connectivity index (χ0n) is 15.9. The van der Waals surface area contributed by atoms with Gasteiger partial charge < -0.3 is 14.4 Å². The number of nitrogens with zero attached hydrogens (tertiary/aromatic N) is 4. The van der Waals surface area contributed by atoms with Crippen LogP contribution in [0.3, 0.4) is 0 Å². The van der Waals surface area contributed by atoms with Crippen molar-refractivity contribution in [3.8, 4) is 22.3 Å². The van der Waals surface area contributed by atoms with E-state index in [9.17, 15) is 4.79 Å². The maximum atomic E-state index is 12.3. The van der Waals surface area contributed by atoms with Crippen LogP contribution < -0.4 is 0 Å². The first-order valence-electron chi connectivity index (χ1n) is 8.64. The van der Waals surface area contributed by atoms with Crippen molar-refractivity contribution < 1.29 is 9.32 Å². The monoisotopic (exact) mass is 395 g/mol. The lowest BCUT2D eigenvalue weighted by atomic mass is 10.0. The number of hydrogen-bond donors (Lipinski definition) is 1. The van der Waals surface area contributed by atoms with Gasteiger partial charge in [-0.2, -0.15) is 0 Å². The largest absolute Gasteiger partial charge is 0.361 e. The molecule has 1 amide bonds. The minimum Gasteiger partial charge on any atom is -0.361 e. The minimum atomic E-state index is -0.127. The van der Waals surface area contributed by atoms with Gasteiger partial charge in [0.1, 0.15) is 11.4 Å². The predicted octanol–water partition coefficient (Wildman–Crippen LogP) is 4.25. The number of nitrogens with one attached hydrogen (secondary N) is 1. The number of hydrogen-bond acceptors (Lipinski definition) is 5. The number of carbonyl (C=O) groups is 1. The number of carbonyl (C=O) groups excluding carboxylic acids is 1. The second-order valence-electron chi connectivity index (χ2n) is 6.77. The molecule has 4 aromatic heterocycles. The molecule has 28 heavy (non-hydrogen) atoms. The highest BCUT2D eigenvalue weighted by molar-refractivity contribution is 6.39. The Morgan fingerprint density at radius 2 is 1.96 bits per heavy atom. The van der Waals surface area contributed by atoms with Crippen molar-refractivity contribution in [2.24, 2.45) is 0 Å². The average molecular weight is 396 g/mol. The van der Waals surface area contributed by atoms with E-state index < -0.39 is 0 Å². The molecule has 7 nitrogen and oxygen atoms in total. The van der Waals surface area contributed by atoms with E-state index in [1.165, 1.54) is 11.1 Å². The van der Waals surface area contributed by atoms with Gasteiger partial charge in [0, 0.05) is 66.5 Å². The van der Waals surface area contributed by atoms with Gasteiger partial charge in [0.15, 0.2) is 0 Å². The van der Waals surface area contributed by atoms with Crippen LogP contribution in [0.1, 0.15) is 21.8 Å². The third-order valence-electron chi connectivity index (χ3n) is 4.64. The Morgan fingerprint density at radius 3 is 2.64 bits per heavy atom. The molecule has 0 atom stereocenters. The number of rotatable bonds is 3. The summed E-state index contributed by atoms with van der Waals surface area (Å²) in [6.07, 6.45) is 6.74. The molecule has 0 unspecified atom stereocenters. The van der Waals surface area contributed by atoms with Gasteiger partial charge in [-0.3, -0.25) is 9.78 Å². The van der Waals surface area contributed by atoms with Crippen LogP contribution in [0.2, 0.25) is 5.02 Å². The second kappa shape index (κ2) is 6.76. The molecule has 0 aromatic carbocycles. The van der Waals surface area contributed by atoms with Gasteiger partial charge in [0.05, 0.1) is 16.3 Å². The molecular weight excluding hydrogens is 378 g/mol. The van der Waals surface area contributed by atoms with Crippen LogP contribution in [-0.2, 0) is 0 Å². The quantitative estimate of drug-likeness (QED) is 0.560. The molecule has 4 aromatic rings. The fraction of sp³-hybridized carbons (Fsp3) is 0.200. The SMILES string of the molecule is Cc1noc(C)c1-c1c[nH]c2ncc(-c3cncc(C(=O)N(C)C)c3)c(Cl)c12. The normalized spacial score (nSPS) is 11.2. The van der Waals surface area contributed by atoms with E-state index in [1.54, 1.807) is 32.6 Å². The molecule has 0 fully saturated rings. The van der Waals surface area contributed by atoms with Gasteiger partial charge in [-0.25, -0.2) is 4.98 Å². The lowest BCUT2D eigenvalue weighted by Crippen LogP contribution is -2.21. The Hall–Kier alpha value is -3.19. The van der Waals surface area contributed by atoms with Gasteiger partial charge in [0.25, 0.3) is 5.91 Å². The predicted molar refractivity (Wildman–Crippen MR) is 107 cm³/mol. The number of halogens is 1. The van der Waals surface area contributed by atoms with Crippen molar-refractivity contribution in [2.45, 2.75) is 13.8 Å². The summed E-state index contributed by atoms with van der Waals surface area (Å²) in [7, 11) is 3.40. The number of fused-ring (bicyclic) bond motifs is 1. The third-order valence-corrected chi connectivity index (χ3v) is 5.04. The topological polar surface area (TPSA) is 87.9 Å². The number of aromatic nitrogens is 4. The van der Waals surface area contributed by atoms with E-state index in [2.05, 4.69) is 20.1 Å². The van der Waals surface area contributed by atoms with Crippen LogP contribution in [0.25, 0.3) is 33.3 Å². The lowest BCUT2D eigenvalue weighted by molar-refractivity contribution is 0.0827. The maximum absolute atomic E-state index is 12.3. The van der Waals surface area contributed by atoms with Gasteiger partial charge >= 0.3 is 0 Å². The first-order chi connectivity index (χ1) is 13.4. The fourth-order valence-corrected chi connectivity index (χ4v) is 3.63. The van der Waals surface area contributed by atoms with E-state index in [1.807, 2.05) is 20.0 Å². The number of pyridine rings is 2. The van der Waals surface area contributed by atoms with E-state index in [0.29, 0.717) is 27.6 Å². The zero-order chi connectivity index (χ0) is 20.0. The van der Waals surface area contributed by atoms with E-state index in [4.69, 9.17) is 16.1 Å². The third kappa shape index (κ3) is 2.84. The van der Waals surface area contributed by atoms with Gasteiger partial charge in [-0.1, -0.05) is 16.8 Å². The Bertz CT molecular complexity index is 1190. The molecular formula is C20H18ClN5O2. The van der Waals surface area contributed by atoms with Gasteiger partial charge in [-0.15, -0.1) is 0 Å². The highest BCUT2D eigenvalue weighted by atomic mass is 35.5. The summed E-state index contributed by atoms with van der Waals surface area (Å²) in [6, 6.07) is 1.77. The van der Waals surface area contributed by atoms with Crippen molar-refractivity contribution in [2.75, 3.05) is 14.1 Å². The first-order valence-corrected chi connectivity index (χ1v) is 9.02. The molecule has 0 bridgehead atoms.